The van der Waals surface area contributed by atoms with Crippen molar-refractivity contribution in [2.24, 2.45) is 0 Å². The lowest BCUT2D eigenvalue weighted by atomic mass is 10.0. The Morgan fingerprint density at radius 2 is 1.74 bits per heavy atom. The van der Waals surface area contributed by atoms with Crippen LogP contribution in [-0.4, -0.2) is 53.4 Å². The zero-order chi connectivity index (χ0) is 26.6. The van der Waals surface area contributed by atoms with Crippen LogP contribution in [0, 0.1) is 11.3 Å². The standard InChI is InChI=1S/C28H24F2N6O2/c1-18-17-35(28(37)32-21-10-12-22(13-11-21)38-27(29)30)14-15-36(18)26-24-5-3-2-4-23(24)25(33-34-26)20-8-6-19(16-31)7-9-20/h2-13,18,27H,14-15,17H2,1H3,(H,32,37). The zero-order valence-electron chi connectivity index (χ0n) is 20.5. The molecule has 5 rings (SSSR count). The van der Waals surface area contributed by atoms with Gasteiger partial charge < -0.3 is 19.9 Å². The van der Waals surface area contributed by atoms with Gasteiger partial charge in [-0.2, -0.15) is 14.0 Å². The van der Waals surface area contributed by atoms with Crippen molar-refractivity contribution in [2.45, 2.75) is 19.6 Å². The number of nitriles is 1. The van der Waals surface area contributed by atoms with Gasteiger partial charge in [0.15, 0.2) is 5.82 Å². The van der Waals surface area contributed by atoms with Crippen molar-refractivity contribution in [1.29, 1.82) is 5.26 Å². The first-order valence-electron chi connectivity index (χ1n) is 12.1. The fourth-order valence-electron chi connectivity index (χ4n) is 4.60. The first kappa shape index (κ1) is 24.9. The molecule has 1 aromatic heterocycles. The van der Waals surface area contributed by atoms with E-state index < -0.39 is 6.61 Å². The Morgan fingerprint density at radius 3 is 2.39 bits per heavy atom. The SMILES string of the molecule is CC1CN(C(=O)Nc2ccc(OC(F)F)cc2)CCN1c1nnc(-c2ccc(C#N)cc2)c2ccccc12. The van der Waals surface area contributed by atoms with E-state index in [-0.39, 0.29) is 17.8 Å². The Kier molecular flexibility index (Phi) is 7.00. The van der Waals surface area contributed by atoms with E-state index in [1.54, 1.807) is 17.0 Å². The largest absolute Gasteiger partial charge is 0.435 e. The minimum Gasteiger partial charge on any atom is -0.435 e. The number of carbonyl (C=O) groups is 1. The van der Waals surface area contributed by atoms with Gasteiger partial charge in [-0.3, -0.25) is 0 Å². The number of benzene rings is 3. The molecule has 0 bridgehead atoms. The molecule has 0 saturated carbocycles. The number of carbonyl (C=O) groups excluding carboxylic acids is 1. The summed E-state index contributed by atoms with van der Waals surface area (Å²) in [6, 6.07) is 22.8. The predicted molar refractivity (Wildman–Crippen MR) is 140 cm³/mol. The Bertz CT molecular complexity index is 1490. The fourth-order valence-corrected chi connectivity index (χ4v) is 4.60. The highest BCUT2D eigenvalue weighted by Gasteiger charge is 2.29. The molecular formula is C28H24F2N6O2. The summed E-state index contributed by atoms with van der Waals surface area (Å²) in [5.74, 6) is 0.777. The van der Waals surface area contributed by atoms with E-state index in [1.165, 1.54) is 24.3 Å². The lowest BCUT2D eigenvalue weighted by molar-refractivity contribution is -0.0498. The first-order chi connectivity index (χ1) is 18.4. The second-order valence-electron chi connectivity index (χ2n) is 8.93. The van der Waals surface area contributed by atoms with Crippen LogP contribution in [-0.2, 0) is 0 Å². The molecular weight excluding hydrogens is 490 g/mol. The van der Waals surface area contributed by atoms with Crippen molar-refractivity contribution < 1.29 is 18.3 Å². The molecule has 2 amide bonds. The van der Waals surface area contributed by atoms with Crippen LogP contribution in [0.15, 0.2) is 72.8 Å². The number of nitrogens with zero attached hydrogens (tertiary/aromatic N) is 5. The highest BCUT2D eigenvalue weighted by molar-refractivity contribution is 6.00. The number of nitrogens with one attached hydrogen (secondary N) is 1. The van der Waals surface area contributed by atoms with Crippen molar-refractivity contribution in [3.63, 3.8) is 0 Å². The topological polar surface area (TPSA) is 94.4 Å². The average Bonchev–Trinajstić information content (AvgIpc) is 2.93. The number of ether oxygens (including phenoxy) is 1. The fraction of sp³-hybridized carbons (Fsp3) is 0.214. The van der Waals surface area contributed by atoms with Crippen LogP contribution in [0.4, 0.5) is 25.1 Å². The summed E-state index contributed by atoms with van der Waals surface area (Å²) in [4.78, 5) is 16.7. The molecule has 0 radical (unpaired) electrons. The number of urea groups is 1. The molecule has 0 aliphatic carbocycles. The lowest BCUT2D eigenvalue weighted by Gasteiger charge is -2.40. The zero-order valence-corrected chi connectivity index (χ0v) is 20.5. The molecule has 1 aliphatic rings. The molecule has 1 N–H and O–H groups in total. The first-order valence-corrected chi connectivity index (χ1v) is 12.1. The molecule has 38 heavy (non-hydrogen) atoms. The summed E-state index contributed by atoms with van der Waals surface area (Å²) in [5.41, 5.74) is 2.69. The van der Waals surface area contributed by atoms with Crippen molar-refractivity contribution >= 4 is 28.3 Å². The molecule has 1 saturated heterocycles. The highest BCUT2D eigenvalue weighted by Crippen LogP contribution is 2.33. The third-order valence-corrected chi connectivity index (χ3v) is 6.47. The molecule has 1 atom stereocenters. The van der Waals surface area contributed by atoms with Crippen LogP contribution in [0.1, 0.15) is 12.5 Å². The maximum Gasteiger partial charge on any atom is 0.387 e. The maximum atomic E-state index is 12.9. The smallest absolute Gasteiger partial charge is 0.387 e. The van der Waals surface area contributed by atoms with Crippen LogP contribution in [0.25, 0.3) is 22.0 Å². The quantitative estimate of drug-likeness (QED) is 0.377. The number of alkyl halides is 2. The number of rotatable bonds is 5. The molecule has 192 valence electrons. The van der Waals surface area contributed by atoms with Crippen LogP contribution in [0.5, 0.6) is 5.75 Å². The molecule has 10 heteroatoms. The van der Waals surface area contributed by atoms with Crippen molar-refractivity contribution in [3.8, 4) is 23.1 Å². The number of hydrogen-bond donors (Lipinski definition) is 1. The molecule has 1 unspecified atom stereocenters. The Labute approximate surface area is 218 Å². The summed E-state index contributed by atoms with van der Waals surface area (Å²) in [6.45, 7) is 0.621. The number of aromatic nitrogens is 2. The van der Waals surface area contributed by atoms with E-state index in [0.717, 1.165) is 27.8 Å². The summed E-state index contributed by atoms with van der Waals surface area (Å²) in [5, 5.41) is 23.0. The lowest BCUT2D eigenvalue weighted by Crippen LogP contribution is -2.55. The highest BCUT2D eigenvalue weighted by atomic mass is 19.3. The number of amides is 2. The van der Waals surface area contributed by atoms with Gasteiger partial charge in [-0.15, -0.1) is 10.2 Å². The summed E-state index contributed by atoms with van der Waals surface area (Å²) in [6.07, 6.45) is 0. The molecule has 4 aromatic rings. The van der Waals surface area contributed by atoms with Gasteiger partial charge in [-0.1, -0.05) is 36.4 Å². The summed E-state index contributed by atoms with van der Waals surface area (Å²) in [7, 11) is 0. The van der Waals surface area contributed by atoms with Crippen molar-refractivity contribution in [3.05, 3.63) is 78.4 Å². The number of halogens is 2. The Balaban J connectivity index is 1.31. The van der Waals surface area contributed by atoms with Gasteiger partial charge in [0.1, 0.15) is 11.4 Å². The van der Waals surface area contributed by atoms with E-state index in [1.807, 2.05) is 43.3 Å². The van der Waals surface area contributed by atoms with E-state index in [4.69, 9.17) is 5.26 Å². The second kappa shape index (κ2) is 10.7. The van der Waals surface area contributed by atoms with Gasteiger partial charge in [0.05, 0.1) is 11.6 Å². The van der Waals surface area contributed by atoms with Crippen LogP contribution in [0.3, 0.4) is 0 Å². The van der Waals surface area contributed by atoms with Gasteiger partial charge in [-0.25, -0.2) is 4.79 Å². The van der Waals surface area contributed by atoms with Gasteiger partial charge in [0.2, 0.25) is 0 Å². The third kappa shape index (κ3) is 5.18. The number of hydrogen-bond acceptors (Lipinski definition) is 6. The number of fused-ring (bicyclic) bond motifs is 1. The van der Waals surface area contributed by atoms with Gasteiger partial charge in [-0.05, 0) is 43.3 Å². The van der Waals surface area contributed by atoms with Gasteiger partial charge in [0, 0.05) is 47.7 Å². The average molecular weight is 515 g/mol. The van der Waals surface area contributed by atoms with E-state index in [0.29, 0.717) is 30.9 Å². The van der Waals surface area contributed by atoms with Crippen molar-refractivity contribution in [1.82, 2.24) is 15.1 Å². The molecule has 2 heterocycles. The van der Waals surface area contributed by atoms with Gasteiger partial charge >= 0.3 is 12.6 Å². The van der Waals surface area contributed by atoms with Crippen LogP contribution >= 0.6 is 0 Å². The number of anilines is 2. The van der Waals surface area contributed by atoms with Crippen LogP contribution < -0.4 is 15.0 Å². The summed E-state index contributed by atoms with van der Waals surface area (Å²) >= 11 is 0. The minimum atomic E-state index is -2.90. The van der Waals surface area contributed by atoms with Crippen LogP contribution in [0.2, 0.25) is 0 Å². The third-order valence-electron chi connectivity index (χ3n) is 6.47. The summed E-state index contributed by atoms with van der Waals surface area (Å²) < 4.78 is 29.1. The van der Waals surface area contributed by atoms with E-state index in [9.17, 15) is 13.6 Å². The second-order valence-corrected chi connectivity index (χ2v) is 8.93. The molecule has 1 fully saturated rings. The molecule has 1 aliphatic heterocycles. The van der Waals surface area contributed by atoms with Gasteiger partial charge in [0.25, 0.3) is 0 Å². The predicted octanol–water partition coefficient (Wildman–Crippen LogP) is 5.51. The molecule has 0 spiro atoms. The monoisotopic (exact) mass is 514 g/mol. The van der Waals surface area contributed by atoms with E-state index in [2.05, 4.69) is 31.2 Å². The molecule has 3 aromatic carbocycles. The molecule has 8 nitrogen and oxygen atoms in total. The normalized spacial score (nSPS) is 15.4. The Hall–Kier alpha value is -4.78. The van der Waals surface area contributed by atoms with Crippen molar-refractivity contribution in [2.75, 3.05) is 29.9 Å². The minimum absolute atomic E-state index is 0.0266. The van der Waals surface area contributed by atoms with E-state index >= 15 is 0 Å². The Morgan fingerprint density at radius 1 is 1.03 bits per heavy atom. The maximum absolute atomic E-state index is 12.9. The number of piperazine rings is 1.